The van der Waals surface area contributed by atoms with Crippen molar-refractivity contribution in [2.75, 3.05) is 19.0 Å². The molecule has 27 heavy (non-hydrogen) atoms. The SMILES string of the molecule is CCOC(=O)C(C(=O)c1ccccc1)C(Nc1ccc(C)cc1)C(=O)OC. The molecule has 0 spiro atoms. The van der Waals surface area contributed by atoms with Crippen LogP contribution in [0.25, 0.3) is 0 Å². The molecule has 0 aliphatic rings. The number of hydrogen-bond donors (Lipinski definition) is 1. The summed E-state index contributed by atoms with van der Waals surface area (Å²) in [5, 5.41) is 2.95. The fraction of sp³-hybridized carbons (Fsp3) is 0.286. The molecule has 142 valence electrons. The van der Waals surface area contributed by atoms with E-state index in [-0.39, 0.29) is 6.61 Å². The second-order valence-corrected chi connectivity index (χ2v) is 5.97. The largest absolute Gasteiger partial charge is 0.467 e. The van der Waals surface area contributed by atoms with Crippen LogP contribution < -0.4 is 5.32 Å². The predicted molar refractivity (Wildman–Crippen MR) is 102 cm³/mol. The summed E-state index contributed by atoms with van der Waals surface area (Å²) in [6.45, 7) is 3.67. The number of carbonyl (C=O) groups excluding carboxylic acids is 3. The van der Waals surface area contributed by atoms with E-state index >= 15 is 0 Å². The van der Waals surface area contributed by atoms with Crippen LogP contribution in [0.4, 0.5) is 5.69 Å². The zero-order chi connectivity index (χ0) is 19.8. The number of rotatable bonds is 8. The molecule has 2 rings (SSSR count). The Balaban J connectivity index is 2.42. The Kier molecular flexibility index (Phi) is 7.11. The monoisotopic (exact) mass is 369 g/mol. The smallest absolute Gasteiger partial charge is 0.329 e. The Hall–Kier alpha value is -3.15. The molecule has 0 aromatic heterocycles. The van der Waals surface area contributed by atoms with Gasteiger partial charge in [-0.25, -0.2) is 4.79 Å². The number of Topliss-reactive ketones (excluding diaryl/α,β-unsaturated/α-hetero) is 1. The lowest BCUT2D eigenvalue weighted by Gasteiger charge is -2.24. The quantitative estimate of drug-likeness (QED) is 0.438. The van der Waals surface area contributed by atoms with Gasteiger partial charge < -0.3 is 14.8 Å². The van der Waals surface area contributed by atoms with Crippen LogP contribution in [-0.4, -0.2) is 37.5 Å². The Labute approximate surface area is 158 Å². The summed E-state index contributed by atoms with van der Waals surface area (Å²) in [7, 11) is 1.21. The molecular formula is C21H23NO5. The van der Waals surface area contributed by atoms with Crippen LogP contribution in [0.3, 0.4) is 0 Å². The van der Waals surface area contributed by atoms with Gasteiger partial charge in [-0.15, -0.1) is 0 Å². The van der Waals surface area contributed by atoms with Crippen LogP contribution in [0.1, 0.15) is 22.8 Å². The first-order chi connectivity index (χ1) is 13.0. The number of benzene rings is 2. The molecule has 0 amide bonds. The van der Waals surface area contributed by atoms with Crippen LogP contribution in [0, 0.1) is 12.8 Å². The van der Waals surface area contributed by atoms with Gasteiger partial charge in [0.25, 0.3) is 0 Å². The first-order valence-corrected chi connectivity index (χ1v) is 8.64. The van der Waals surface area contributed by atoms with E-state index in [0.29, 0.717) is 11.3 Å². The van der Waals surface area contributed by atoms with E-state index in [9.17, 15) is 14.4 Å². The molecule has 0 heterocycles. The van der Waals surface area contributed by atoms with Crippen LogP contribution in [-0.2, 0) is 19.1 Å². The van der Waals surface area contributed by atoms with E-state index in [2.05, 4.69) is 5.32 Å². The van der Waals surface area contributed by atoms with Crippen molar-refractivity contribution in [2.45, 2.75) is 19.9 Å². The fourth-order valence-electron chi connectivity index (χ4n) is 2.64. The van der Waals surface area contributed by atoms with E-state index in [1.807, 2.05) is 19.1 Å². The van der Waals surface area contributed by atoms with Crippen LogP contribution >= 0.6 is 0 Å². The highest BCUT2D eigenvalue weighted by Crippen LogP contribution is 2.21. The zero-order valence-corrected chi connectivity index (χ0v) is 15.6. The van der Waals surface area contributed by atoms with Gasteiger partial charge in [-0.1, -0.05) is 48.0 Å². The highest BCUT2D eigenvalue weighted by atomic mass is 16.5. The van der Waals surface area contributed by atoms with Crippen molar-refractivity contribution < 1.29 is 23.9 Å². The van der Waals surface area contributed by atoms with Crippen molar-refractivity contribution in [3.05, 3.63) is 65.7 Å². The molecule has 0 radical (unpaired) electrons. The topological polar surface area (TPSA) is 81.7 Å². The molecule has 1 N–H and O–H groups in total. The average Bonchev–Trinajstić information content (AvgIpc) is 2.69. The van der Waals surface area contributed by atoms with E-state index in [1.165, 1.54) is 7.11 Å². The standard InChI is InChI=1S/C21H23NO5/c1-4-27-20(24)17(19(23)15-8-6-5-7-9-15)18(21(25)26-3)22-16-12-10-14(2)11-13-16/h5-13,17-18,22H,4H2,1-3H3. The Morgan fingerprint density at radius 1 is 0.963 bits per heavy atom. The molecule has 2 unspecified atom stereocenters. The number of ketones is 1. The number of esters is 2. The van der Waals surface area contributed by atoms with Crippen molar-refractivity contribution in [3.8, 4) is 0 Å². The molecule has 2 atom stereocenters. The Bertz CT molecular complexity index is 786. The summed E-state index contributed by atoms with van der Waals surface area (Å²) in [6, 6.07) is 14.4. The van der Waals surface area contributed by atoms with Gasteiger partial charge >= 0.3 is 11.9 Å². The maximum absolute atomic E-state index is 13.0. The van der Waals surface area contributed by atoms with Gasteiger partial charge in [0, 0.05) is 11.3 Å². The van der Waals surface area contributed by atoms with Crippen LogP contribution in [0.15, 0.2) is 54.6 Å². The van der Waals surface area contributed by atoms with Crippen LogP contribution in [0.2, 0.25) is 0 Å². The number of methoxy groups -OCH3 is 1. The van der Waals surface area contributed by atoms with Gasteiger partial charge in [0.2, 0.25) is 0 Å². The number of carbonyl (C=O) groups is 3. The molecule has 2 aromatic rings. The van der Waals surface area contributed by atoms with Gasteiger partial charge in [-0.05, 0) is 26.0 Å². The van der Waals surface area contributed by atoms with Gasteiger partial charge in [0.05, 0.1) is 13.7 Å². The molecule has 2 aromatic carbocycles. The van der Waals surface area contributed by atoms with Crippen molar-refractivity contribution in [2.24, 2.45) is 5.92 Å². The van der Waals surface area contributed by atoms with E-state index < -0.39 is 29.7 Å². The number of aryl methyl sites for hydroxylation is 1. The van der Waals surface area contributed by atoms with Gasteiger partial charge in [0.15, 0.2) is 11.7 Å². The third-order valence-corrected chi connectivity index (χ3v) is 4.04. The molecule has 0 fully saturated rings. The highest BCUT2D eigenvalue weighted by Gasteiger charge is 2.41. The summed E-state index contributed by atoms with van der Waals surface area (Å²) in [6.07, 6.45) is 0. The van der Waals surface area contributed by atoms with E-state index in [4.69, 9.17) is 9.47 Å². The summed E-state index contributed by atoms with van der Waals surface area (Å²) in [5.41, 5.74) is 1.94. The lowest BCUT2D eigenvalue weighted by atomic mass is 9.90. The second kappa shape index (κ2) is 9.52. The number of nitrogens with one attached hydrogen (secondary N) is 1. The van der Waals surface area contributed by atoms with Gasteiger partial charge in [-0.3, -0.25) is 9.59 Å². The number of hydrogen-bond acceptors (Lipinski definition) is 6. The molecule has 0 aliphatic carbocycles. The maximum atomic E-state index is 13.0. The first-order valence-electron chi connectivity index (χ1n) is 8.64. The summed E-state index contributed by atoms with van der Waals surface area (Å²) in [5.74, 6) is -3.38. The second-order valence-electron chi connectivity index (χ2n) is 5.97. The normalized spacial score (nSPS) is 12.6. The van der Waals surface area contributed by atoms with E-state index in [1.54, 1.807) is 49.4 Å². The van der Waals surface area contributed by atoms with Crippen molar-refractivity contribution in [1.82, 2.24) is 0 Å². The lowest BCUT2D eigenvalue weighted by molar-refractivity contribution is -0.152. The van der Waals surface area contributed by atoms with Gasteiger partial charge in [-0.2, -0.15) is 0 Å². The summed E-state index contributed by atoms with van der Waals surface area (Å²) >= 11 is 0. The Morgan fingerprint density at radius 2 is 1.59 bits per heavy atom. The maximum Gasteiger partial charge on any atom is 0.329 e. The minimum absolute atomic E-state index is 0.0931. The average molecular weight is 369 g/mol. The number of anilines is 1. The molecular weight excluding hydrogens is 346 g/mol. The van der Waals surface area contributed by atoms with Crippen molar-refractivity contribution in [3.63, 3.8) is 0 Å². The summed E-state index contributed by atoms with van der Waals surface area (Å²) < 4.78 is 9.91. The zero-order valence-electron chi connectivity index (χ0n) is 15.6. The van der Waals surface area contributed by atoms with Gasteiger partial charge in [0.1, 0.15) is 6.04 Å². The molecule has 0 saturated heterocycles. The Morgan fingerprint density at radius 3 is 2.15 bits per heavy atom. The number of ether oxygens (including phenoxy) is 2. The minimum Gasteiger partial charge on any atom is -0.467 e. The minimum atomic E-state index is -1.37. The first kappa shape index (κ1) is 20.2. The molecule has 0 bridgehead atoms. The molecule has 6 nitrogen and oxygen atoms in total. The fourth-order valence-corrected chi connectivity index (χ4v) is 2.64. The highest BCUT2D eigenvalue weighted by molar-refractivity contribution is 6.12. The van der Waals surface area contributed by atoms with Crippen molar-refractivity contribution in [1.29, 1.82) is 0 Å². The lowest BCUT2D eigenvalue weighted by Crippen LogP contribution is -2.46. The molecule has 0 saturated carbocycles. The van der Waals surface area contributed by atoms with Crippen LogP contribution in [0.5, 0.6) is 0 Å². The summed E-state index contributed by atoms with van der Waals surface area (Å²) in [4.78, 5) is 38.0. The third-order valence-electron chi connectivity index (χ3n) is 4.04. The molecule has 6 heteroatoms. The predicted octanol–water partition coefficient (Wildman–Crippen LogP) is 3.01. The molecule has 0 aliphatic heterocycles. The van der Waals surface area contributed by atoms with Crippen molar-refractivity contribution >= 4 is 23.4 Å². The third kappa shape index (κ3) is 5.17. The van der Waals surface area contributed by atoms with E-state index in [0.717, 1.165) is 5.56 Å².